The molecule has 2 aromatic rings. The van der Waals surface area contributed by atoms with E-state index in [9.17, 15) is 9.18 Å². The average molecular weight is 403 g/mol. The normalized spacial score (nSPS) is 22.8. The number of nitrogens with one attached hydrogen (secondary N) is 1. The van der Waals surface area contributed by atoms with E-state index in [0.29, 0.717) is 17.6 Å². The number of anilines is 1. The van der Waals surface area contributed by atoms with Crippen molar-refractivity contribution in [2.45, 2.75) is 31.3 Å². The Hall–Kier alpha value is -2.37. The number of nitrogens with zero attached hydrogens (tertiary/aromatic N) is 1. The summed E-state index contributed by atoms with van der Waals surface area (Å²) < 4.78 is 18.6. The van der Waals surface area contributed by atoms with Crippen LogP contribution in [0, 0.1) is 5.82 Å². The second-order valence-corrected chi connectivity index (χ2v) is 7.33. The van der Waals surface area contributed by atoms with Gasteiger partial charge in [-0.05, 0) is 54.6 Å². The first-order valence-corrected chi connectivity index (χ1v) is 9.35. The van der Waals surface area contributed by atoms with Gasteiger partial charge in [0.1, 0.15) is 17.6 Å². The van der Waals surface area contributed by atoms with Gasteiger partial charge in [-0.25, -0.2) is 4.39 Å². The summed E-state index contributed by atoms with van der Waals surface area (Å²) in [5.41, 5.74) is 2.31. The molecule has 0 spiro atoms. The van der Waals surface area contributed by atoms with Crippen LogP contribution in [0.25, 0.3) is 0 Å². The van der Waals surface area contributed by atoms with Crippen LogP contribution in [-0.4, -0.2) is 32.1 Å². The summed E-state index contributed by atoms with van der Waals surface area (Å²) >= 11 is 0. The Balaban J connectivity index is 0.00000225. The van der Waals surface area contributed by atoms with Gasteiger partial charge in [-0.15, -0.1) is 0 Å². The van der Waals surface area contributed by atoms with Gasteiger partial charge in [-0.2, -0.15) is 0 Å². The van der Waals surface area contributed by atoms with Crippen LogP contribution < -0.4 is 26.9 Å². The van der Waals surface area contributed by atoms with E-state index in [1.54, 1.807) is 24.1 Å². The Labute approximate surface area is 171 Å². The van der Waals surface area contributed by atoms with Crippen LogP contribution in [0.4, 0.5) is 10.1 Å². The van der Waals surface area contributed by atoms with Crippen LogP contribution in [0.1, 0.15) is 29.6 Å². The number of halogens is 2. The molecule has 148 valence electrons. The van der Waals surface area contributed by atoms with Crippen LogP contribution in [-0.2, 0) is 0 Å². The Morgan fingerprint density at radius 3 is 2.39 bits per heavy atom. The highest BCUT2D eigenvalue weighted by Gasteiger charge is 2.40. The van der Waals surface area contributed by atoms with E-state index in [2.05, 4.69) is 13.1 Å². The molecule has 3 unspecified atom stereocenters. The van der Waals surface area contributed by atoms with Gasteiger partial charge in [0.15, 0.2) is 0 Å². The molecule has 2 aliphatic rings. The van der Waals surface area contributed by atoms with E-state index < -0.39 is 0 Å². The number of benzene rings is 2. The minimum Gasteiger partial charge on any atom is -1.00 e. The Morgan fingerprint density at radius 2 is 1.79 bits per heavy atom. The zero-order valence-electron chi connectivity index (χ0n) is 16.0. The summed E-state index contributed by atoms with van der Waals surface area (Å²) in [5.74, 6) is 0.267. The monoisotopic (exact) mass is 402 g/mol. The molecule has 0 radical (unpaired) electrons. The van der Waals surface area contributed by atoms with Gasteiger partial charge in [0.25, 0.3) is 5.91 Å². The molecule has 0 aliphatic carbocycles. The molecule has 0 saturated carbocycles. The van der Waals surface area contributed by atoms with Crippen LogP contribution in [0.5, 0.6) is 5.75 Å². The van der Waals surface area contributed by atoms with E-state index in [1.807, 2.05) is 24.3 Å². The minimum atomic E-state index is -0.345. The van der Waals surface area contributed by atoms with Gasteiger partial charge in [0.05, 0.1) is 20.2 Å². The van der Waals surface area contributed by atoms with Crippen molar-refractivity contribution in [1.29, 1.82) is 0 Å². The summed E-state index contributed by atoms with van der Waals surface area (Å²) in [6.07, 6.45) is 5.44. The van der Waals surface area contributed by atoms with E-state index in [4.69, 9.17) is 4.74 Å². The summed E-state index contributed by atoms with van der Waals surface area (Å²) in [5, 5.41) is 0. The predicted octanol–water partition coefficient (Wildman–Crippen LogP) is -0.182. The number of hydrogen-bond donors (Lipinski definition) is 1. The lowest BCUT2D eigenvalue weighted by Gasteiger charge is -2.33. The zero-order valence-corrected chi connectivity index (χ0v) is 16.7. The number of likely N-dealkylation sites (N-methyl/N-ethyl adjacent to an activating group) is 1. The number of carbonyl (C=O) groups excluding carboxylic acids is 1. The molecule has 4 rings (SSSR count). The fourth-order valence-electron chi connectivity index (χ4n) is 4.20. The fourth-order valence-corrected chi connectivity index (χ4v) is 4.20. The van der Waals surface area contributed by atoms with Gasteiger partial charge < -0.3 is 22.0 Å². The van der Waals surface area contributed by atoms with Crippen LogP contribution >= 0.6 is 0 Å². The molecule has 28 heavy (non-hydrogen) atoms. The van der Waals surface area contributed by atoms with Crippen molar-refractivity contribution in [3.63, 3.8) is 0 Å². The number of fused-ring (bicyclic) bond motifs is 2. The number of hydrogen-bond acceptors (Lipinski definition) is 2. The molecule has 2 heterocycles. The number of carbonyl (C=O) groups is 1. The van der Waals surface area contributed by atoms with Crippen molar-refractivity contribution in [2.75, 3.05) is 19.1 Å². The summed E-state index contributed by atoms with van der Waals surface area (Å²) in [4.78, 5) is 16.7. The summed E-state index contributed by atoms with van der Waals surface area (Å²) in [7, 11) is 3.85. The zero-order chi connectivity index (χ0) is 19.0. The third kappa shape index (κ3) is 3.77. The molecule has 1 fully saturated rings. The summed E-state index contributed by atoms with van der Waals surface area (Å²) in [6.45, 7) is 0. The van der Waals surface area contributed by atoms with Crippen molar-refractivity contribution in [2.24, 2.45) is 0 Å². The Bertz CT molecular complexity index is 867. The molecule has 1 amide bonds. The molecular formula is C22H24ClFN2O2. The number of methoxy groups -OCH3 is 1. The highest BCUT2D eigenvalue weighted by Crippen LogP contribution is 2.31. The van der Waals surface area contributed by atoms with Gasteiger partial charge in [-0.3, -0.25) is 9.69 Å². The summed E-state index contributed by atoms with van der Waals surface area (Å²) in [6, 6.07) is 14.2. The standard InChI is InChI=1S/C22H23FN2O2.ClH/c1-24-18-7-8-19(24)14-20(13-18)25(17-9-11-21(27-2)12-10-17)22(26)15-3-5-16(23)6-4-15;/h3-6,9-13,18-19H,7-8,14H2,1-2H3;1H. The number of ether oxygens (including phenoxy) is 1. The maximum Gasteiger partial charge on any atom is 0.262 e. The minimum absolute atomic E-state index is 0. The molecule has 1 saturated heterocycles. The molecule has 4 nitrogen and oxygen atoms in total. The van der Waals surface area contributed by atoms with Crippen molar-refractivity contribution in [1.82, 2.24) is 0 Å². The lowest BCUT2D eigenvalue weighted by atomic mass is 10.0. The smallest absolute Gasteiger partial charge is 0.262 e. The average Bonchev–Trinajstić information content (AvgIpc) is 2.90. The largest absolute Gasteiger partial charge is 1.00 e. The maximum atomic E-state index is 13.4. The molecule has 6 heteroatoms. The van der Waals surface area contributed by atoms with Gasteiger partial charge >= 0.3 is 0 Å². The van der Waals surface area contributed by atoms with Crippen molar-refractivity contribution >= 4 is 11.6 Å². The van der Waals surface area contributed by atoms with E-state index in [-0.39, 0.29) is 24.1 Å². The van der Waals surface area contributed by atoms with Crippen molar-refractivity contribution in [3.8, 4) is 5.75 Å². The molecule has 2 aromatic carbocycles. The highest BCUT2D eigenvalue weighted by atomic mass is 35.5. The lowest BCUT2D eigenvalue weighted by Crippen LogP contribution is -3.14. The quantitative estimate of drug-likeness (QED) is 0.769. The van der Waals surface area contributed by atoms with E-state index >= 15 is 0 Å². The van der Waals surface area contributed by atoms with Gasteiger partial charge in [0, 0.05) is 36.2 Å². The molecule has 3 atom stereocenters. The second kappa shape index (κ2) is 8.33. The first kappa shape index (κ1) is 20.4. The lowest BCUT2D eigenvalue weighted by molar-refractivity contribution is -0.911. The molecule has 1 N–H and O–H groups in total. The SMILES string of the molecule is COc1ccc(N(C(=O)c2ccc(F)cc2)C2=CC3CCC(C2)[NH+]3C)cc1.[Cl-]. The first-order valence-electron chi connectivity index (χ1n) is 9.35. The van der Waals surface area contributed by atoms with Gasteiger partial charge in [-0.1, -0.05) is 0 Å². The van der Waals surface area contributed by atoms with Crippen molar-refractivity contribution < 1.29 is 31.2 Å². The molecule has 0 aromatic heterocycles. The third-order valence-corrected chi connectivity index (χ3v) is 5.82. The molecule has 2 aliphatic heterocycles. The Kier molecular flexibility index (Phi) is 6.06. The van der Waals surface area contributed by atoms with Crippen molar-refractivity contribution in [3.05, 3.63) is 71.7 Å². The first-order chi connectivity index (χ1) is 13.1. The van der Waals surface area contributed by atoms with Crippen LogP contribution in [0.15, 0.2) is 60.3 Å². The fraction of sp³-hybridized carbons (Fsp3) is 0.318. The Morgan fingerprint density at radius 1 is 1.11 bits per heavy atom. The van der Waals surface area contributed by atoms with Gasteiger partial charge in [0.2, 0.25) is 0 Å². The highest BCUT2D eigenvalue weighted by molar-refractivity contribution is 6.08. The predicted molar refractivity (Wildman–Crippen MR) is 103 cm³/mol. The molecule has 2 bridgehead atoms. The second-order valence-electron chi connectivity index (χ2n) is 7.33. The number of quaternary nitrogens is 1. The van der Waals surface area contributed by atoms with E-state index in [0.717, 1.165) is 30.0 Å². The van der Waals surface area contributed by atoms with Crippen LogP contribution in [0.2, 0.25) is 0 Å². The van der Waals surface area contributed by atoms with E-state index in [1.165, 1.54) is 23.5 Å². The maximum absolute atomic E-state index is 13.4. The van der Waals surface area contributed by atoms with Crippen LogP contribution in [0.3, 0.4) is 0 Å². The number of amides is 1. The third-order valence-electron chi connectivity index (χ3n) is 5.82. The molecular weight excluding hydrogens is 379 g/mol. The topological polar surface area (TPSA) is 34.0 Å². The number of rotatable bonds is 4.